The SMILES string of the molecule is CCCOC(=O)C1=C(C)NC2=C(C(=O)CCC2)[C@H]1c1ccc(O)c(OC)c1. The molecule has 0 spiro atoms. The molecule has 0 aromatic heterocycles. The zero-order valence-corrected chi connectivity index (χ0v) is 15.9. The van der Waals surface area contributed by atoms with E-state index >= 15 is 0 Å². The molecule has 0 bridgehead atoms. The number of hydrogen-bond acceptors (Lipinski definition) is 6. The molecular formula is C21H25NO5. The number of hydrogen-bond donors (Lipinski definition) is 2. The van der Waals surface area contributed by atoms with Crippen molar-refractivity contribution in [1.29, 1.82) is 0 Å². The van der Waals surface area contributed by atoms with Gasteiger partial charge in [-0.05, 0) is 43.9 Å². The Bertz CT molecular complexity index is 837. The first-order valence-corrected chi connectivity index (χ1v) is 9.26. The number of Topliss-reactive ketones (excluding diaryl/α,β-unsaturated/α-hetero) is 1. The molecule has 144 valence electrons. The van der Waals surface area contributed by atoms with Gasteiger partial charge in [0, 0.05) is 29.3 Å². The van der Waals surface area contributed by atoms with E-state index in [9.17, 15) is 14.7 Å². The Morgan fingerprint density at radius 1 is 1.33 bits per heavy atom. The molecule has 0 saturated carbocycles. The highest BCUT2D eigenvalue weighted by Crippen LogP contribution is 2.44. The summed E-state index contributed by atoms with van der Waals surface area (Å²) in [4.78, 5) is 25.6. The van der Waals surface area contributed by atoms with Gasteiger partial charge in [-0.3, -0.25) is 4.79 Å². The Kier molecular flexibility index (Phi) is 5.54. The molecule has 1 atom stereocenters. The van der Waals surface area contributed by atoms with Gasteiger partial charge in [-0.15, -0.1) is 0 Å². The van der Waals surface area contributed by atoms with E-state index in [2.05, 4.69) is 5.32 Å². The fourth-order valence-corrected chi connectivity index (χ4v) is 3.73. The molecule has 6 nitrogen and oxygen atoms in total. The van der Waals surface area contributed by atoms with Crippen molar-refractivity contribution in [3.05, 3.63) is 46.3 Å². The molecule has 0 fully saturated rings. The lowest BCUT2D eigenvalue weighted by Crippen LogP contribution is -2.34. The summed E-state index contributed by atoms with van der Waals surface area (Å²) in [7, 11) is 1.47. The van der Waals surface area contributed by atoms with E-state index in [4.69, 9.17) is 9.47 Å². The predicted molar refractivity (Wildman–Crippen MR) is 100 cm³/mol. The third-order valence-electron chi connectivity index (χ3n) is 4.97. The summed E-state index contributed by atoms with van der Waals surface area (Å²) < 4.78 is 10.6. The highest BCUT2D eigenvalue weighted by molar-refractivity contribution is 6.03. The maximum Gasteiger partial charge on any atom is 0.336 e. The van der Waals surface area contributed by atoms with Crippen LogP contribution in [-0.2, 0) is 14.3 Å². The van der Waals surface area contributed by atoms with Gasteiger partial charge >= 0.3 is 5.97 Å². The monoisotopic (exact) mass is 371 g/mol. The molecule has 1 aliphatic carbocycles. The lowest BCUT2D eigenvalue weighted by atomic mass is 9.75. The van der Waals surface area contributed by atoms with E-state index in [-0.39, 0.29) is 11.5 Å². The zero-order valence-electron chi connectivity index (χ0n) is 15.9. The number of allylic oxidation sites excluding steroid dienone is 3. The molecule has 3 rings (SSSR count). The van der Waals surface area contributed by atoms with Crippen LogP contribution in [0, 0.1) is 0 Å². The molecule has 1 aromatic rings. The highest BCUT2D eigenvalue weighted by Gasteiger charge is 2.39. The number of dihydropyridines is 1. The van der Waals surface area contributed by atoms with E-state index in [1.54, 1.807) is 12.1 Å². The minimum absolute atomic E-state index is 0.00942. The van der Waals surface area contributed by atoms with Crippen molar-refractivity contribution in [2.75, 3.05) is 13.7 Å². The number of benzene rings is 1. The molecule has 6 heteroatoms. The number of phenols is 1. The molecule has 1 heterocycles. The smallest absolute Gasteiger partial charge is 0.336 e. The van der Waals surface area contributed by atoms with Gasteiger partial charge in [-0.25, -0.2) is 4.79 Å². The average molecular weight is 371 g/mol. The third kappa shape index (κ3) is 3.56. The van der Waals surface area contributed by atoms with Crippen molar-refractivity contribution in [2.24, 2.45) is 0 Å². The summed E-state index contributed by atoms with van der Waals surface area (Å²) in [6.45, 7) is 4.08. The Labute approximate surface area is 158 Å². The van der Waals surface area contributed by atoms with Gasteiger partial charge < -0.3 is 19.9 Å². The lowest BCUT2D eigenvalue weighted by molar-refractivity contribution is -0.139. The second-order valence-corrected chi connectivity index (χ2v) is 6.83. The molecule has 1 aliphatic heterocycles. The number of phenolic OH excluding ortho intramolecular Hbond substituents is 1. The highest BCUT2D eigenvalue weighted by atomic mass is 16.5. The quantitative estimate of drug-likeness (QED) is 0.773. The molecule has 1 aromatic carbocycles. The molecule has 0 unspecified atom stereocenters. The molecular weight excluding hydrogens is 346 g/mol. The number of ether oxygens (including phenoxy) is 2. The van der Waals surface area contributed by atoms with E-state index in [0.29, 0.717) is 35.6 Å². The topological polar surface area (TPSA) is 84.9 Å². The van der Waals surface area contributed by atoms with Crippen molar-refractivity contribution in [2.45, 2.75) is 45.4 Å². The van der Waals surface area contributed by atoms with Gasteiger partial charge in [-0.1, -0.05) is 13.0 Å². The fourth-order valence-electron chi connectivity index (χ4n) is 3.73. The normalized spacial score (nSPS) is 19.5. The summed E-state index contributed by atoms with van der Waals surface area (Å²) in [5.41, 5.74) is 3.33. The van der Waals surface area contributed by atoms with Crippen LogP contribution in [0.1, 0.15) is 51.0 Å². The second-order valence-electron chi connectivity index (χ2n) is 6.83. The molecule has 2 aliphatic rings. The van der Waals surface area contributed by atoms with Crippen LogP contribution in [0.5, 0.6) is 11.5 Å². The molecule has 27 heavy (non-hydrogen) atoms. The minimum Gasteiger partial charge on any atom is -0.504 e. The predicted octanol–water partition coefficient (Wildman–Crippen LogP) is 3.32. The minimum atomic E-state index is -0.534. The van der Waals surface area contributed by atoms with Gasteiger partial charge in [0.05, 0.1) is 19.3 Å². The maximum atomic E-state index is 12.8. The van der Waals surface area contributed by atoms with Crippen LogP contribution < -0.4 is 10.1 Å². The van der Waals surface area contributed by atoms with E-state index in [1.165, 1.54) is 13.2 Å². The van der Waals surface area contributed by atoms with Crippen molar-refractivity contribution < 1.29 is 24.2 Å². The van der Waals surface area contributed by atoms with Crippen LogP contribution in [0.25, 0.3) is 0 Å². The summed E-state index contributed by atoms with van der Waals surface area (Å²) in [6.07, 6.45) is 2.74. The number of methoxy groups -OCH3 is 1. The first kappa shape index (κ1) is 19.0. The maximum absolute atomic E-state index is 12.8. The number of carbonyl (C=O) groups is 2. The van der Waals surface area contributed by atoms with E-state index in [1.807, 2.05) is 13.8 Å². The molecule has 0 saturated heterocycles. The fraction of sp³-hybridized carbons (Fsp3) is 0.429. The number of aromatic hydroxyl groups is 1. The number of ketones is 1. The van der Waals surface area contributed by atoms with Crippen LogP contribution in [0.4, 0.5) is 0 Å². The molecule has 0 amide bonds. The van der Waals surface area contributed by atoms with Crippen molar-refractivity contribution in [3.63, 3.8) is 0 Å². The van der Waals surface area contributed by atoms with Gasteiger partial charge in [-0.2, -0.15) is 0 Å². The van der Waals surface area contributed by atoms with Gasteiger partial charge in [0.25, 0.3) is 0 Å². The Morgan fingerprint density at radius 3 is 2.81 bits per heavy atom. The Balaban J connectivity index is 2.14. The first-order chi connectivity index (χ1) is 13.0. The summed E-state index contributed by atoms with van der Waals surface area (Å²) in [5.74, 6) is -0.614. The Hall–Kier alpha value is -2.76. The number of rotatable bonds is 5. The van der Waals surface area contributed by atoms with E-state index in [0.717, 1.165) is 30.5 Å². The van der Waals surface area contributed by atoms with Crippen LogP contribution in [0.15, 0.2) is 40.7 Å². The Morgan fingerprint density at radius 2 is 2.11 bits per heavy atom. The first-order valence-electron chi connectivity index (χ1n) is 9.26. The zero-order chi connectivity index (χ0) is 19.6. The van der Waals surface area contributed by atoms with Crippen molar-refractivity contribution in [3.8, 4) is 11.5 Å². The van der Waals surface area contributed by atoms with Crippen LogP contribution >= 0.6 is 0 Å². The van der Waals surface area contributed by atoms with Crippen LogP contribution in [-0.4, -0.2) is 30.6 Å². The van der Waals surface area contributed by atoms with Gasteiger partial charge in [0.1, 0.15) is 0 Å². The standard InChI is InChI=1S/C21H25NO5/c1-4-10-27-21(25)18-12(2)22-14-6-5-7-16(24)20(14)19(18)13-8-9-15(23)17(11-13)26-3/h8-9,11,19,22-23H,4-7,10H2,1-3H3/t19-/m0/s1. The molecule has 2 N–H and O–H groups in total. The number of carbonyl (C=O) groups excluding carboxylic acids is 2. The summed E-state index contributed by atoms with van der Waals surface area (Å²) in [5, 5.41) is 13.2. The van der Waals surface area contributed by atoms with Gasteiger partial charge in [0.2, 0.25) is 0 Å². The number of nitrogens with one attached hydrogen (secondary N) is 1. The second kappa shape index (κ2) is 7.86. The number of esters is 1. The van der Waals surface area contributed by atoms with Crippen LogP contribution in [0.3, 0.4) is 0 Å². The molecule has 0 radical (unpaired) electrons. The van der Waals surface area contributed by atoms with Crippen molar-refractivity contribution in [1.82, 2.24) is 5.32 Å². The lowest BCUT2D eigenvalue weighted by Gasteiger charge is -2.34. The third-order valence-corrected chi connectivity index (χ3v) is 4.97. The van der Waals surface area contributed by atoms with Crippen molar-refractivity contribution >= 4 is 11.8 Å². The van der Waals surface area contributed by atoms with Crippen LogP contribution in [0.2, 0.25) is 0 Å². The largest absolute Gasteiger partial charge is 0.504 e. The van der Waals surface area contributed by atoms with E-state index < -0.39 is 11.9 Å². The van der Waals surface area contributed by atoms with Gasteiger partial charge in [0.15, 0.2) is 17.3 Å². The summed E-state index contributed by atoms with van der Waals surface area (Å²) in [6, 6.07) is 4.92. The average Bonchev–Trinajstić information content (AvgIpc) is 2.65. The summed E-state index contributed by atoms with van der Waals surface area (Å²) >= 11 is 0.